The van der Waals surface area contributed by atoms with Crippen molar-refractivity contribution in [1.29, 1.82) is 0 Å². The SMILES string of the molecule is CCOc1ccc(OCOC)c(Br)c1. The van der Waals surface area contributed by atoms with Gasteiger partial charge in [-0.05, 0) is 41.1 Å². The Kier molecular flexibility index (Phi) is 4.76. The van der Waals surface area contributed by atoms with E-state index in [9.17, 15) is 0 Å². The Balaban J connectivity index is 2.68. The summed E-state index contributed by atoms with van der Waals surface area (Å²) >= 11 is 3.39. The van der Waals surface area contributed by atoms with Crippen LogP contribution >= 0.6 is 15.9 Å². The molecule has 1 aromatic carbocycles. The van der Waals surface area contributed by atoms with Crippen LogP contribution in [0.4, 0.5) is 0 Å². The molecule has 0 bridgehead atoms. The van der Waals surface area contributed by atoms with Crippen molar-refractivity contribution >= 4 is 15.9 Å². The molecule has 0 radical (unpaired) electrons. The fourth-order valence-corrected chi connectivity index (χ4v) is 1.45. The highest BCUT2D eigenvalue weighted by Crippen LogP contribution is 2.29. The molecule has 14 heavy (non-hydrogen) atoms. The molecule has 0 heterocycles. The van der Waals surface area contributed by atoms with Crippen molar-refractivity contribution < 1.29 is 14.2 Å². The van der Waals surface area contributed by atoms with E-state index in [1.807, 2.05) is 25.1 Å². The summed E-state index contributed by atoms with van der Waals surface area (Å²) < 4.78 is 16.3. The normalized spacial score (nSPS) is 9.93. The zero-order chi connectivity index (χ0) is 10.4. The van der Waals surface area contributed by atoms with Crippen molar-refractivity contribution in [3.63, 3.8) is 0 Å². The molecule has 0 atom stereocenters. The van der Waals surface area contributed by atoms with Gasteiger partial charge in [0.2, 0.25) is 0 Å². The largest absolute Gasteiger partial charge is 0.494 e. The lowest BCUT2D eigenvalue weighted by Crippen LogP contribution is -1.99. The fraction of sp³-hybridized carbons (Fsp3) is 0.400. The third-order valence-electron chi connectivity index (χ3n) is 1.55. The fourth-order valence-electron chi connectivity index (χ4n) is 0.977. The number of methoxy groups -OCH3 is 1. The Bertz CT molecular complexity index is 289. The van der Waals surface area contributed by atoms with E-state index in [0.29, 0.717) is 6.61 Å². The van der Waals surface area contributed by atoms with Crippen LogP contribution in [-0.4, -0.2) is 20.5 Å². The van der Waals surface area contributed by atoms with E-state index in [1.54, 1.807) is 7.11 Å². The van der Waals surface area contributed by atoms with Crippen LogP contribution in [0, 0.1) is 0 Å². The molecule has 0 saturated heterocycles. The standard InChI is InChI=1S/C10H13BrO3/c1-3-13-8-4-5-10(9(11)6-8)14-7-12-2/h4-6H,3,7H2,1-2H3. The van der Waals surface area contributed by atoms with Crippen LogP contribution in [0.3, 0.4) is 0 Å². The maximum atomic E-state index is 5.33. The topological polar surface area (TPSA) is 27.7 Å². The first-order chi connectivity index (χ1) is 6.77. The highest BCUT2D eigenvalue weighted by molar-refractivity contribution is 9.10. The second-order valence-corrected chi connectivity index (χ2v) is 3.43. The van der Waals surface area contributed by atoms with Gasteiger partial charge in [-0.25, -0.2) is 0 Å². The first-order valence-corrected chi connectivity index (χ1v) is 5.11. The molecule has 0 aliphatic heterocycles. The Morgan fingerprint density at radius 2 is 2.07 bits per heavy atom. The van der Waals surface area contributed by atoms with Crippen molar-refractivity contribution in [2.75, 3.05) is 20.5 Å². The smallest absolute Gasteiger partial charge is 0.188 e. The summed E-state index contributed by atoms with van der Waals surface area (Å²) in [7, 11) is 1.59. The summed E-state index contributed by atoms with van der Waals surface area (Å²) in [6.07, 6.45) is 0. The van der Waals surface area contributed by atoms with Gasteiger partial charge in [0.15, 0.2) is 6.79 Å². The van der Waals surface area contributed by atoms with Crippen molar-refractivity contribution in [2.45, 2.75) is 6.92 Å². The van der Waals surface area contributed by atoms with E-state index in [1.165, 1.54) is 0 Å². The van der Waals surface area contributed by atoms with Gasteiger partial charge in [0.05, 0.1) is 11.1 Å². The monoisotopic (exact) mass is 260 g/mol. The number of hydrogen-bond donors (Lipinski definition) is 0. The highest BCUT2D eigenvalue weighted by atomic mass is 79.9. The first-order valence-electron chi connectivity index (χ1n) is 4.32. The first kappa shape index (κ1) is 11.3. The van der Waals surface area contributed by atoms with Crippen LogP contribution in [0.15, 0.2) is 22.7 Å². The molecule has 1 rings (SSSR count). The van der Waals surface area contributed by atoms with Gasteiger partial charge in [-0.2, -0.15) is 0 Å². The van der Waals surface area contributed by atoms with E-state index in [2.05, 4.69) is 15.9 Å². The zero-order valence-corrected chi connectivity index (χ0v) is 9.83. The van der Waals surface area contributed by atoms with Gasteiger partial charge >= 0.3 is 0 Å². The number of ether oxygens (including phenoxy) is 3. The summed E-state index contributed by atoms with van der Waals surface area (Å²) in [6, 6.07) is 5.57. The van der Waals surface area contributed by atoms with Crippen molar-refractivity contribution in [1.82, 2.24) is 0 Å². The summed E-state index contributed by atoms with van der Waals surface area (Å²) in [5.41, 5.74) is 0. The molecule has 0 unspecified atom stereocenters. The number of halogens is 1. The molecular weight excluding hydrogens is 248 g/mol. The van der Waals surface area contributed by atoms with Crippen molar-refractivity contribution in [3.05, 3.63) is 22.7 Å². The van der Waals surface area contributed by atoms with E-state index in [-0.39, 0.29) is 6.79 Å². The van der Waals surface area contributed by atoms with Gasteiger partial charge in [0.25, 0.3) is 0 Å². The second kappa shape index (κ2) is 5.88. The summed E-state index contributed by atoms with van der Waals surface area (Å²) in [5, 5.41) is 0. The maximum absolute atomic E-state index is 5.33. The third kappa shape index (κ3) is 3.20. The van der Waals surface area contributed by atoms with Crippen LogP contribution < -0.4 is 9.47 Å². The lowest BCUT2D eigenvalue weighted by Gasteiger charge is -2.08. The molecule has 0 aliphatic carbocycles. The molecular formula is C10H13BrO3. The number of hydrogen-bond acceptors (Lipinski definition) is 3. The van der Waals surface area contributed by atoms with Crippen LogP contribution in [-0.2, 0) is 4.74 Å². The van der Waals surface area contributed by atoms with Crippen molar-refractivity contribution in [3.8, 4) is 11.5 Å². The minimum absolute atomic E-state index is 0.243. The average Bonchev–Trinajstić information content (AvgIpc) is 2.17. The highest BCUT2D eigenvalue weighted by Gasteiger charge is 2.02. The molecule has 3 nitrogen and oxygen atoms in total. The molecule has 0 amide bonds. The minimum Gasteiger partial charge on any atom is -0.494 e. The molecule has 0 aliphatic rings. The Labute approximate surface area is 92.1 Å². The molecule has 0 aromatic heterocycles. The van der Waals surface area contributed by atoms with Crippen LogP contribution in [0.2, 0.25) is 0 Å². The predicted molar refractivity (Wildman–Crippen MR) is 57.8 cm³/mol. The molecule has 78 valence electrons. The van der Waals surface area contributed by atoms with E-state index < -0.39 is 0 Å². The molecule has 0 saturated carbocycles. The molecule has 0 N–H and O–H groups in total. The number of rotatable bonds is 5. The quantitative estimate of drug-likeness (QED) is 0.763. The minimum atomic E-state index is 0.243. The van der Waals surface area contributed by atoms with Gasteiger partial charge in [0.1, 0.15) is 11.5 Å². The summed E-state index contributed by atoms with van der Waals surface area (Å²) in [5.74, 6) is 1.57. The van der Waals surface area contributed by atoms with Gasteiger partial charge in [-0.3, -0.25) is 0 Å². The maximum Gasteiger partial charge on any atom is 0.188 e. The van der Waals surface area contributed by atoms with Gasteiger partial charge < -0.3 is 14.2 Å². The lowest BCUT2D eigenvalue weighted by molar-refractivity contribution is 0.0505. The number of benzene rings is 1. The van der Waals surface area contributed by atoms with Crippen LogP contribution in [0.25, 0.3) is 0 Å². The Morgan fingerprint density at radius 3 is 2.64 bits per heavy atom. The molecule has 0 spiro atoms. The van der Waals surface area contributed by atoms with Gasteiger partial charge in [-0.1, -0.05) is 0 Å². The van der Waals surface area contributed by atoms with Crippen LogP contribution in [0.5, 0.6) is 11.5 Å². The lowest BCUT2D eigenvalue weighted by atomic mass is 10.3. The average molecular weight is 261 g/mol. The predicted octanol–water partition coefficient (Wildman–Crippen LogP) is 2.83. The van der Waals surface area contributed by atoms with E-state index in [0.717, 1.165) is 16.0 Å². The summed E-state index contributed by atoms with van der Waals surface area (Å²) in [6.45, 7) is 2.85. The van der Waals surface area contributed by atoms with E-state index in [4.69, 9.17) is 14.2 Å². The van der Waals surface area contributed by atoms with Crippen LogP contribution in [0.1, 0.15) is 6.92 Å². The van der Waals surface area contributed by atoms with Crippen molar-refractivity contribution in [2.24, 2.45) is 0 Å². The third-order valence-corrected chi connectivity index (χ3v) is 2.17. The molecule has 1 aromatic rings. The summed E-state index contributed by atoms with van der Waals surface area (Å²) in [4.78, 5) is 0. The Hall–Kier alpha value is -0.740. The molecule has 4 heteroatoms. The van der Waals surface area contributed by atoms with E-state index >= 15 is 0 Å². The zero-order valence-electron chi connectivity index (χ0n) is 8.25. The molecule has 0 fully saturated rings. The van der Waals surface area contributed by atoms with Gasteiger partial charge in [0, 0.05) is 7.11 Å². The second-order valence-electron chi connectivity index (χ2n) is 2.58. The van der Waals surface area contributed by atoms with Gasteiger partial charge in [-0.15, -0.1) is 0 Å². The Morgan fingerprint density at radius 1 is 1.29 bits per heavy atom.